The summed E-state index contributed by atoms with van der Waals surface area (Å²) in [7, 11) is 0. The molecule has 1 aliphatic heterocycles. The molecule has 1 aromatic rings. The zero-order valence-corrected chi connectivity index (χ0v) is 9.96. The largest absolute Gasteiger partial charge is 0.399 e. The van der Waals surface area contributed by atoms with Crippen molar-refractivity contribution in [2.75, 3.05) is 23.7 Å². The van der Waals surface area contributed by atoms with Crippen LogP contribution in [0.25, 0.3) is 0 Å². The van der Waals surface area contributed by atoms with Crippen molar-refractivity contribution < 1.29 is 4.39 Å². The quantitative estimate of drug-likeness (QED) is 0.740. The van der Waals surface area contributed by atoms with Crippen LogP contribution >= 0.6 is 0 Å². The first-order valence-electron chi connectivity index (χ1n) is 5.77. The monoisotopic (exact) mass is 222 g/mol. The zero-order valence-electron chi connectivity index (χ0n) is 9.96. The van der Waals surface area contributed by atoms with Crippen LogP contribution in [0.3, 0.4) is 0 Å². The van der Waals surface area contributed by atoms with Gasteiger partial charge in [-0.2, -0.15) is 0 Å². The maximum Gasteiger partial charge on any atom is 0.127 e. The summed E-state index contributed by atoms with van der Waals surface area (Å²) in [5.74, 6) is -0.252. The maximum absolute atomic E-state index is 13.3. The highest BCUT2D eigenvalue weighted by Crippen LogP contribution is 2.32. The van der Waals surface area contributed by atoms with Gasteiger partial charge in [-0.1, -0.05) is 13.8 Å². The number of halogens is 1. The molecule has 2 N–H and O–H groups in total. The Morgan fingerprint density at radius 2 is 2.06 bits per heavy atom. The number of nitrogens with two attached hydrogens (primary N) is 1. The summed E-state index contributed by atoms with van der Waals surface area (Å²) in [6, 6.07) is 4.78. The van der Waals surface area contributed by atoms with Crippen molar-refractivity contribution in [3.8, 4) is 0 Å². The lowest BCUT2D eigenvalue weighted by atomic mass is 9.84. The number of nitrogens with zero attached hydrogens (tertiary/aromatic N) is 1. The zero-order chi connectivity index (χ0) is 11.8. The third-order valence-electron chi connectivity index (χ3n) is 3.17. The van der Waals surface area contributed by atoms with Gasteiger partial charge in [0.1, 0.15) is 5.82 Å². The van der Waals surface area contributed by atoms with Gasteiger partial charge in [-0.3, -0.25) is 0 Å². The van der Waals surface area contributed by atoms with Crippen molar-refractivity contribution in [2.24, 2.45) is 5.41 Å². The topological polar surface area (TPSA) is 29.3 Å². The van der Waals surface area contributed by atoms with Gasteiger partial charge in [-0.25, -0.2) is 4.39 Å². The fourth-order valence-electron chi connectivity index (χ4n) is 2.42. The summed E-state index contributed by atoms with van der Waals surface area (Å²) in [5.41, 5.74) is 7.38. The first kappa shape index (κ1) is 11.2. The van der Waals surface area contributed by atoms with E-state index in [0.29, 0.717) is 11.1 Å². The van der Waals surface area contributed by atoms with E-state index in [0.717, 1.165) is 25.2 Å². The Kier molecular flexibility index (Phi) is 2.78. The van der Waals surface area contributed by atoms with E-state index in [9.17, 15) is 4.39 Å². The van der Waals surface area contributed by atoms with Gasteiger partial charge in [0, 0.05) is 24.5 Å². The number of benzene rings is 1. The minimum Gasteiger partial charge on any atom is -0.399 e. The Morgan fingerprint density at radius 3 is 2.69 bits per heavy atom. The van der Waals surface area contributed by atoms with E-state index < -0.39 is 0 Å². The van der Waals surface area contributed by atoms with Crippen LogP contribution in [0.15, 0.2) is 18.2 Å². The minimum absolute atomic E-state index is 0.252. The first-order chi connectivity index (χ1) is 7.46. The van der Waals surface area contributed by atoms with Gasteiger partial charge >= 0.3 is 0 Å². The summed E-state index contributed by atoms with van der Waals surface area (Å²) in [6.45, 7) is 6.46. The highest BCUT2D eigenvalue weighted by molar-refractivity contribution is 5.56. The fraction of sp³-hybridized carbons (Fsp3) is 0.538. The molecule has 0 atom stereocenters. The van der Waals surface area contributed by atoms with Crippen LogP contribution in [-0.2, 0) is 0 Å². The lowest BCUT2D eigenvalue weighted by Gasteiger charge is -2.39. The van der Waals surface area contributed by atoms with Crippen molar-refractivity contribution >= 4 is 11.4 Å². The van der Waals surface area contributed by atoms with Gasteiger partial charge in [-0.05, 0) is 36.5 Å². The van der Waals surface area contributed by atoms with Gasteiger partial charge in [0.05, 0.1) is 0 Å². The van der Waals surface area contributed by atoms with Crippen LogP contribution in [0.1, 0.15) is 26.7 Å². The SMILES string of the molecule is CC1(C)CCCN(c2cc(N)cc(F)c2)C1. The molecule has 3 heteroatoms. The van der Waals surface area contributed by atoms with Crippen molar-refractivity contribution in [1.82, 2.24) is 0 Å². The highest BCUT2D eigenvalue weighted by Gasteiger charge is 2.26. The summed E-state index contributed by atoms with van der Waals surface area (Å²) in [6.07, 6.45) is 2.39. The lowest BCUT2D eigenvalue weighted by molar-refractivity contribution is 0.293. The van der Waals surface area contributed by atoms with E-state index in [1.54, 1.807) is 6.07 Å². The Labute approximate surface area is 96.2 Å². The van der Waals surface area contributed by atoms with Crippen molar-refractivity contribution in [3.05, 3.63) is 24.0 Å². The summed E-state index contributed by atoms with van der Waals surface area (Å²) < 4.78 is 13.3. The maximum atomic E-state index is 13.3. The van der Waals surface area contributed by atoms with Crippen molar-refractivity contribution in [3.63, 3.8) is 0 Å². The van der Waals surface area contributed by atoms with Crippen LogP contribution in [0.5, 0.6) is 0 Å². The standard InChI is InChI=1S/C13H19FN2/c1-13(2)4-3-5-16(9-13)12-7-10(14)6-11(15)8-12/h6-8H,3-5,9,15H2,1-2H3. The van der Waals surface area contributed by atoms with Gasteiger partial charge in [0.15, 0.2) is 0 Å². The molecule has 0 aromatic heterocycles. The smallest absolute Gasteiger partial charge is 0.127 e. The van der Waals surface area contributed by atoms with Gasteiger partial charge < -0.3 is 10.6 Å². The molecule has 0 saturated carbocycles. The van der Waals surface area contributed by atoms with E-state index in [1.807, 2.05) is 6.07 Å². The molecule has 1 heterocycles. The Morgan fingerprint density at radius 1 is 1.31 bits per heavy atom. The third-order valence-corrected chi connectivity index (χ3v) is 3.17. The fourth-order valence-corrected chi connectivity index (χ4v) is 2.42. The van der Waals surface area contributed by atoms with Crippen molar-refractivity contribution in [1.29, 1.82) is 0 Å². The molecule has 0 spiro atoms. The predicted octanol–water partition coefficient (Wildman–Crippen LogP) is 3.03. The average Bonchev–Trinajstić information content (AvgIpc) is 2.14. The number of anilines is 2. The molecule has 1 fully saturated rings. The van der Waals surface area contributed by atoms with Crippen LogP contribution in [-0.4, -0.2) is 13.1 Å². The third kappa shape index (κ3) is 2.46. The first-order valence-corrected chi connectivity index (χ1v) is 5.77. The molecule has 1 aromatic carbocycles. The van der Waals surface area contributed by atoms with E-state index in [-0.39, 0.29) is 5.82 Å². The van der Waals surface area contributed by atoms with Crippen LogP contribution in [0.2, 0.25) is 0 Å². The molecule has 16 heavy (non-hydrogen) atoms. The Hall–Kier alpha value is -1.25. The summed E-state index contributed by atoms with van der Waals surface area (Å²) in [5, 5.41) is 0. The van der Waals surface area contributed by atoms with Crippen LogP contribution < -0.4 is 10.6 Å². The Balaban J connectivity index is 2.23. The second kappa shape index (κ2) is 3.96. The average molecular weight is 222 g/mol. The van der Waals surface area contributed by atoms with Crippen molar-refractivity contribution in [2.45, 2.75) is 26.7 Å². The molecule has 88 valence electrons. The number of nitrogen functional groups attached to an aromatic ring is 1. The van der Waals surface area contributed by atoms with E-state index in [1.165, 1.54) is 12.5 Å². The van der Waals surface area contributed by atoms with Gasteiger partial charge in [0.25, 0.3) is 0 Å². The molecule has 0 aliphatic carbocycles. The number of hydrogen-bond acceptors (Lipinski definition) is 2. The molecule has 2 nitrogen and oxygen atoms in total. The van der Waals surface area contributed by atoms with Crippen LogP contribution in [0.4, 0.5) is 15.8 Å². The molecule has 1 aliphatic rings. The van der Waals surface area contributed by atoms with Gasteiger partial charge in [0.2, 0.25) is 0 Å². The number of piperidine rings is 1. The normalized spacial score (nSPS) is 19.8. The minimum atomic E-state index is -0.252. The predicted molar refractivity (Wildman–Crippen MR) is 66.0 cm³/mol. The van der Waals surface area contributed by atoms with Gasteiger partial charge in [-0.15, -0.1) is 0 Å². The highest BCUT2D eigenvalue weighted by atomic mass is 19.1. The molecule has 0 unspecified atom stereocenters. The Bertz CT molecular complexity index is 367. The van der Waals surface area contributed by atoms with E-state index >= 15 is 0 Å². The number of rotatable bonds is 1. The molecule has 0 bridgehead atoms. The summed E-state index contributed by atoms with van der Waals surface area (Å²) in [4.78, 5) is 2.23. The molecule has 2 rings (SSSR count). The molecule has 1 saturated heterocycles. The van der Waals surface area contributed by atoms with E-state index in [2.05, 4.69) is 18.7 Å². The summed E-state index contributed by atoms with van der Waals surface area (Å²) >= 11 is 0. The second-order valence-corrected chi connectivity index (χ2v) is 5.43. The van der Waals surface area contributed by atoms with E-state index in [4.69, 9.17) is 5.73 Å². The number of hydrogen-bond donors (Lipinski definition) is 1. The molecular formula is C13H19FN2. The molecular weight excluding hydrogens is 203 g/mol. The molecule has 0 radical (unpaired) electrons. The second-order valence-electron chi connectivity index (χ2n) is 5.43. The molecule has 0 amide bonds. The van der Waals surface area contributed by atoms with Crippen LogP contribution in [0, 0.1) is 11.2 Å². The lowest BCUT2D eigenvalue weighted by Crippen LogP contribution is -2.40.